The molecule has 150 valence electrons. The van der Waals surface area contributed by atoms with Crippen molar-refractivity contribution in [2.75, 3.05) is 0 Å². The Morgan fingerprint density at radius 1 is 0.600 bits per heavy atom. The molecule has 5 aromatic rings. The summed E-state index contributed by atoms with van der Waals surface area (Å²) in [5.41, 5.74) is 0. The highest BCUT2D eigenvalue weighted by atomic mass is 28.4. The molecule has 0 heterocycles. The van der Waals surface area contributed by atoms with Gasteiger partial charge in [-0.25, -0.2) is 0 Å². The number of hydrogen-bond donors (Lipinski definition) is 0. The summed E-state index contributed by atoms with van der Waals surface area (Å²) < 4.78 is 12.1. The molecule has 0 bridgehead atoms. The smallest absolute Gasteiger partial charge is 0.283 e. The van der Waals surface area contributed by atoms with E-state index in [0.717, 1.165) is 0 Å². The van der Waals surface area contributed by atoms with Crippen LogP contribution in [-0.2, 0) is 8.23 Å². The maximum Gasteiger partial charge on any atom is 0.283 e. The molecule has 0 aromatic heterocycles. The van der Waals surface area contributed by atoms with E-state index in [1.54, 1.807) is 0 Å². The molecule has 0 aliphatic rings. The lowest BCUT2D eigenvalue weighted by atomic mass is 9.97. The molecule has 30 heavy (non-hydrogen) atoms. The van der Waals surface area contributed by atoms with Crippen LogP contribution < -0.4 is 5.19 Å². The average Bonchev–Trinajstić information content (AvgIpc) is 2.72. The molecular formula is C25H26O2Si3. The van der Waals surface area contributed by atoms with Crippen LogP contribution in [0.1, 0.15) is 0 Å². The van der Waals surface area contributed by atoms with Crippen molar-refractivity contribution in [1.82, 2.24) is 0 Å². The van der Waals surface area contributed by atoms with Gasteiger partial charge in [0.2, 0.25) is 0 Å². The van der Waals surface area contributed by atoms with Gasteiger partial charge in [0.25, 0.3) is 10.0 Å². The first-order chi connectivity index (χ1) is 14.5. The van der Waals surface area contributed by atoms with Gasteiger partial charge in [0.05, 0.1) is 0 Å². The fourth-order valence-corrected chi connectivity index (χ4v) is 8.44. The number of rotatable bonds is 5. The standard InChI is InChI=1S/C25H26O2Si3/c1-30(2,3)27-29-26-28-25-10-6-9-19-13-22-14-20-11-17-7-4-5-8-18(17)12-21(20)15-23(22)16-24(19)25/h4-16H,28-29H2,1-3H3. The molecule has 0 N–H and O–H groups in total. The third-order valence-electron chi connectivity index (χ3n) is 5.58. The van der Waals surface area contributed by atoms with Crippen molar-refractivity contribution >= 4 is 76.4 Å². The largest absolute Gasteiger partial charge is 0.442 e. The van der Waals surface area contributed by atoms with E-state index in [1.807, 2.05) is 0 Å². The first-order valence-corrected chi connectivity index (χ1v) is 16.3. The zero-order chi connectivity index (χ0) is 20.7. The molecule has 5 rings (SSSR count). The third-order valence-corrected chi connectivity index (χ3v) is 11.9. The van der Waals surface area contributed by atoms with E-state index in [0.29, 0.717) is 0 Å². The van der Waals surface area contributed by atoms with Crippen LogP contribution in [0.25, 0.3) is 43.1 Å². The molecule has 5 heteroatoms. The summed E-state index contributed by atoms with van der Waals surface area (Å²) in [6, 6.07) is 29.1. The van der Waals surface area contributed by atoms with Crippen LogP contribution in [-0.4, -0.2) is 28.1 Å². The van der Waals surface area contributed by atoms with Crippen LogP contribution in [0.15, 0.2) is 78.9 Å². The van der Waals surface area contributed by atoms with E-state index in [1.165, 1.54) is 48.3 Å². The van der Waals surface area contributed by atoms with E-state index < -0.39 is 28.1 Å². The predicted molar refractivity (Wildman–Crippen MR) is 139 cm³/mol. The van der Waals surface area contributed by atoms with Crippen molar-refractivity contribution in [3.05, 3.63) is 78.9 Å². The van der Waals surface area contributed by atoms with Crippen LogP contribution in [0.2, 0.25) is 19.6 Å². The van der Waals surface area contributed by atoms with Crippen molar-refractivity contribution < 1.29 is 8.23 Å². The molecule has 0 amide bonds. The van der Waals surface area contributed by atoms with Crippen molar-refractivity contribution in [3.63, 3.8) is 0 Å². The molecule has 0 radical (unpaired) electrons. The summed E-state index contributed by atoms with van der Waals surface area (Å²) in [7, 11) is -3.12. The van der Waals surface area contributed by atoms with Gasteiger partial charge in [-0.1, -0.05) is 42.5 Å². The van der Waals surface area contributed by atoms with E-state index in [2.05, 4.69) is 98.5 Å². The molecular weight excluding hydrogens is 417 g/mol. The Balaban J connectivity index is 1.56. The van der Waals surface area contributed by atoms with Crippen LogP contribution in [0.4, 0.5) is 0 Å². The number of hydrogen-bond acceptors (Lipinski definition) is 2. The molecule has 0 fully saturated rings. The molecule has 0 aliphatic heterocycles. The topological polar surface area (TPSA) is 18.5 Å². The first-order valence-electron chi connectivity index (χ1n) is 10.5. The van der Waals surface area contributed by atoms with Gasteiger partial charge in [-0.3, -0.25) is 0 Å². The van der Waals surface area contributed by atoms with Crippen LogP contribution in [0.5, 0.6) is 0 Å². The SMILES string of the molecule is C[Si](C)(C)O[SiH2]O[SiH2]c1cccc2cc3cc4cc5ccccc5cc4cc3cc12. The minimum atomic E-state index is -1.47. The normalized spacial score (nSPS) is 13.2. The van der Waals surface area contributed by atoms with Crippen LogP contribution >= 0.6 is 0 Å². The highest BCUT2D eigenvalue weighted by Gasteiger charge is 2.13. The van der Waals surface area contributed by atoms with E-state index >= 15 is 0 Å². The summed E-state index contributed by atoms with van der Waals surface area (Å²) in [6.45, 7) is 6.67. The van der Waals surface area contributed by atoms with Crippen molar-refractivity contribution in [2.24, 2.45) is 0 Å². The molecule has 2 nitrogen and oxygen atoms in total. The Labute approximate surface area is 183 Å². The summed E-state index contributed by atoms with van der Waals surface area (Å²) in [6.07, 6.45) is 0. The summed E-state index contributed by atoms with van der Waals surface area (Å²) in [4.78, 5) is 0. The lowest BCUT2D eigenvalue weighted by molar-refractivity contribution is 0.477. The monoisotopic (exact) mass is 442 g/mol. The molecule has 0 aliphatic carbocycles. The zero-order valence-corrected chi connectivity index (χ0v) is 21.6. The third kappa shape index (κ3) is 3.99. The minimum absolute atomic E-state index is 0.779. The van der Waals surface area contributed by atoms with E-state index in [9.17, 15) is 0 Å². The summed E-state index contributed by atoms with van der Waals surface area (Å²) >= 11 is 0. The predicted octanol–water partition coefficient (Wildman–Crippen LogP) is 4.88. The Kier molecular flexibility index (Phi) is 5.08. The Morgan fingerprint density at radius 2 is 1.13 bits per heavy atom. The van der Waals surface area contributed by atoms with E-state index in [4.69, 9.17) is 8.23 Å². The first kappa shape index (κ1) is 19.7. The molecule has 5 aromatic carbocycles. The zero-order valence-electron chi connectivity index (χ0n) is 17.7. The van der Waals surface area contributed by atoms with Gasteiger partial charge in [0.1, 0.15) is 0 Å². The number of fused-ring (bicyclic) bond motifs is 4. The van der Waals surface area contributed by atoms with Crippen LogP contribution in [0.3, 0.4) is 0 Å². The van der Waals surface area contributed by atoms with Gasteiger partial charge in [-0.2, -0.15) is 0 Å². The van der Waals surface area contributed by atoms with Crippen molar-refractivity contribution in [2.45, 2.75) is 19.6 Å². The van der Waals surface area contributed by atoms with Crippen LogP contribution in [0, 0.1) is 0 Å². The lowest BCUT2D eigenvalue weighted by Gasteiger charge is -2.17. The van der Waals surface area contributed by atoms with Crippen molar-refractivity contribution in [3.8, 4) is 0 Å². The second-order valence-electron chi connectivity index (χ2n) is 8.96. The quantitative estimate of drug-likeness (QED) is 0.219. The molecule has 0 saturated heterocycles. The van der Waals surface area contributed by atoms with Gasteiger partial charge >= 0.3 is 0 Å². The molecule has 0 unspecified atom stereocenters. The molecule has 0 atom stereocenters. The fraction of sp³-hybridized carbons (Fsp3) is 0.120. The van der Waals surface area contributed by atoms with Gasteiger partial charge < -0.3 is 8.23 Å². The van der Waals surface area contributed by atoms with Gasteiger partial charge in [-0.15, -0.1) is 0 Å². The van der Waals surface area contributed by atoms with Gasteiger partial charge in [0, 0.05) is 0 Å². The lowest BCUT2D eigenvalue weighted by Crippen LogP contribution is -2.31. The Bertz CT molecular complexity index is 1390. The summed E-state index contributed by atoms with van der Waals surface area (Å²) in [5, 5.41) is 11.8. The maximum atomic E-state index is 6.12. The molecule has 0 saturated carbocycles. The maximum absolute atomic E-state index is 6.12. The summed E-state index contributed by atoms with van der Waals surface area (Å²) in [5.74, 6) is 0. The van der Waals surface area contributed by atoms with Gasteiger partial charge in [0.15, 0.2) is 18.1 Å². The molecule has 0 spiro atoms. The average molecular weight is 443 g/mol. The second kappa shape index (κ2) is 7.76. The minimum Gasteiger partial charge on any atom is -0.442 e. The highest BCUT2D eigenvalue weighted by Crippen LogP contribution is 2.29. The van der Waals surface area contributed by atoms with Gasteiger partial charge in [-0.05, 0) is 104 Å². The Morgan fingerprint density at radius 3 is 1.77 bits per heavy atom. The second-order valence-corrected chi connectivity index (χ2v) is 17.3. The van der Waals surface area contributed by atoms with E-state index in [-0.39, 0.29) is 0 Å². The fourth-order valence-electron chi connectivity index (χ4n) is 4.03. The Hall–Kier alpha value is -2.29. The highest BCUT2D eigenvalue weighted by molar-refractivity contribution is 6.74. The van der Waals surface area contributed by atoms with Crippen molar-refractivity contribution in [1.29, 1.82) is 0 Å². The number of benzene rings is 5.